The molecule has 4 rings (SSSR count). The molecule has 0 amide bonds. The highest BCUT2D eigenvalue weighted by Gasteiger charge is 2.23. The van der Waals surface area contributed by atoms with Crippen LogP contribution in [-0.4, -0.2) is 16.7 Å². The zero-order valence-electron chi connectivity index (χ0n) is 16.4. The Hall–Kier alpha value is -2.97. The number of hydrogen-bond donors (Lipinski definition) is 1. The fourth-order valence-corrected chi connectivity index (χ4v) is 4.06. The van der Waals surface area contributed by atoms with E-state index in [4.69, 9.17) is 4.98 Å². The van der Waals surface area contributed by atoms with Gasteiger partial charge in [0.25, 0.3) is 0 Å². The summed E-state index contributed by atoms with van der Waals surface area (Å²) in [7, 11) is 0. The molecule has 2 heteroatoms. The fraction of sp³-hybridized carbons (Fsp3) is 0.192. The summed E-state index contributed by atoms with van der Waals surface area (Å²) in [5, 5.41) is 11.0. The van der Waals surface area contributed by atoms with Crippen LogP contribution < -0.4 is 0 Å². The van der Waals surface area contributed by atoms with E-state index in [9.17, 15) is 5.11 Å². The molecule has 0 spiro atoms. The van der Waals surface area contributed by atoms with Gasteiger partial charge in [0.15, 0.2) is 0 Å². The summed E-state index contributed by atoms with van der Waals surface area (Å²) in [4.78, 5) is 5.14. The zero-order valence-corrected chi connectivity index (χ0v) is 16.4. The van der Waals surface area contributed by atoms with Gasteiger partial charge in [0, 0.05) is 12.0 Å². The second-order valence-electron chi connectivity index (χ2n) is 7.35. The number of benzene rings is 3. The van der Waals surface area contributed by atoms with Crippen LogP contribution in [0.5, 0.6) is 0 Å². The Kier molecular flexibility index (Phi) is 5.23. The lowest BCUT2D eigenvalue weighted by Crippen LogP contribution is -2.12. The summed E-state index contributed by atoms with van der Waals surface area (Å²) >= 11 is 0. The van der Waals surface area contributed by atoms with Gasteiger partial charge in [-0.15, -0.1) is 0 Å². The number of aliphatic hydroxyl groups excluding tert-OH is 1. The molecule has 28 heavy (non-hydrogen) atoms. The van der Waals surface area contributed by atoms with Crippen LogP contribution in [0.3, 0.4) is 0 Å². The van der Waals surface area contributed by atoms with Crippen LogP contribution in [0.1, 0.15) is 39.4 Å². The van der Waals surface area contributed by atoms with Crippen molar-refractivity contribution in [2.24, 2.45) is 0 Å². The second kappa shape index (κ2) is 7.95. The predicted octanol–water partition coefficient (Wildman–Crippen LogP) is 5.57. The van der Waals surface area contributed by atoms with Crippen molar-refractivity contribution in [3.05, 3.63) is 112 Å². The third kappa shape index (κ3) is 3.44. The number of aliphatic hydroxyl groups is 1. The van der Waals surface area contributed by atoms with Gasteiger partial charge in [-0.25, -0.2) is 0 Å². The molecular formula is C26H25NO. The van der Waals surface area contributed by atoms with E-state index in [-0.39, 0.29) is 12.5 Å². The van der Waals surface area contributed by atoms with Crippen molar-refractivity contribution in [2.75, 3.05) is 6.61 Å². The van der Waals surface area contributed by atoms with Gasteiger partial charge in [-0.2, -0.15) is 0 Å². The van der Waals surface area contributed by atoms with Crippen molar-refractivity contribution in [2.45, 2.75) is 26.2 Å². The van der Waals surface area contributed by atoms with E-state index in [1.165, 1.54) is 27.6 Å². The summed E-state index contributed by atoms with van der Waals surface area (Å²) < 4.78 is 0. The van der Waals surface area contributed by atoms with Crippen molar-refractivity contribution >= 4 is 10.9 Å². The molecule has 0 aliphatic carbocycles. The zero-order chi connectivity index (χ0) is 19.5. The fourth-order valence-electron chi connectivity index (χ4n) is 4.06. The minimum atomic E-state index is 0.0355. The van der Waals surface area contributed by atoms with Gasteiger partial charge in [-0.05, 0) is 54.7 Å². The summed E-state index contributed by atoms with van der Waals surface area (Å²) in [5.41, 5.74) is 8.07. The summed E-state index contributed by atoms with van der Waals surface area (Å²) in [6.45, 7) is 4.38. The van der Waals surface area contributed by atoms with Crippen LogP contribution in [0.15, 0.2) is 78.9 Å². The molecular weight excluding hydrogens is 342 g/mol. The van der Waals surface area contributed by atoms with Crippen molar-refractivity contribution in [1.82, 2.24) is 4.98 Å². The molecule has 3 aromatic carbocycles. The number of nitrogens with zero attached hydrogens (tertiary/aromatic N) is 1. The summed E-state index contributed by atoms with van der Waals surface area (Å²) in [6, 6.07) is 27.5. The standard InChI is InChI=1S/C26H25NO/c1-18-13-14-24-23(17-18)19(2)22(15-16-28)26(27-24)25(20-9-5-3-6-10-20)21-11-7-4-8-12-21/h3-14,17,25,28H,15-16H2,1-2H3. The highest BCUT2D eigenvalue weighted by molar-refractivity contribution is 5.84. The predicted molar refractivity (Wildman–Crippen MR) is 116 cm³/mol. The number of pyridine rings is 1. The molecule has 0 unspecified atom stereocenters. The van der Waals surface area contributed by atoms with Crippen molar-refractivity contribution in [3.8, 4) is 0 Å². The molecule has 4 aromatic rings. The Morgan fingerprint density at radius 2 is 1.43 bits per heavy atom. The first-order valence-electron chi connectivity index (χ1n) is 9.79. The Morgan fingerprint density at radius 1 is 0.821 bits per heavy atom. The van der Waals surface area contributed by atoms with Gasteiger partial charge in [0.1, 0.15) is 0 Å². The van der Waals surface area contributed by atoms with E-state index >= 15 is 0 Å². The molecule has 0 bridgehead atoms. The molecule has 0 saturated heterocycles. The lowest BCUT2D eigenvalue weighted by Gasteiger charge is -2.23. The Balaban J connectivity index is 2.03. The number of aryl methyl sites for hydroxylation is 2. The number of rotatable bonds is 5. The number of hydrogen-bond acceptors (Lipinski definition) is 2. The van der Waals surface area contributed by atoms with E-state index < -0.39 is 0 Å². The van der Waals surface area contributed by atoms with Gasteiger partial charge < -0.3 is 5.11 Å². The lowest BCUT2D eigenvalue weighted by atomic mass is 9.83. The highest BCUT2D eigenvalue weighted by atomic mass is 16.2. The average Bonchev–Trinajstić information content (AvgIpc) is 2.73. The van der Waals surface area contributed by atoms with Gasteiger partial charge in [0.05, 0.1) is 17.1 Å². The molecule has 0 saturated carbocycles. The smallest absolute Gasteiger partial charge is 0.0708 e. The largest absolute Gasteiger partial charge is 0.396 e. The maximum Gasteiger partial charge on any atom is 0.0708 e. The third-order valence-corrected chi connectivity index (χ3v) is 5.46. The monoisotopic (exact) mass is 367 g/mol. The third-order valence-electron chi connectivity index (χ3n) is 5.46. The molecule has 1 aromatic heterocycles. The first-order chi connectivity index (χ1) is 13.7. The average molecular weight is 367 g/mol. The van der Waals surface area contributed by atoms with Gasteiger partial charge in [-0.3, -0.25) is 4.98 Å². The molecule has 0 fully saturated rings. The molecule has 0 atom stereocenters. The first kappa shape index (κ1) is 18.4. The van der Waals surface area contributed by atoms with Crippen LogP contribution in [0, 0.1) is 13.8 Å². The van der Waals surface area contributed by atoms with Crippen LogP contribution in [0.4, 0.5) is 0 Å². The van der Waals surface area contributed by atoms with Crippen molar-refractivity contribution in [1.29, 1.82) is 0 Å². The summed E-state index contributed by atoms with van der Waals surface area (Å²) in [5.74, 6) is 0.0355. The van der Waals surface area contributed by atoms with Crippen LogP contribution in [0.2, 0.25) is 0 Å². The quantitative estimate of drug-likeness (QED) is 0.500. The van der Waals surface area contributed by atoms with E-state index in [1.54, 1.807) is 0 Å². The molecule has 0 radical (unpaired) electrons. The first-order valence-corrected chi connectivity index (χ1v) is 9.79. The van der Waals surface area contributed by atoms with Crippen LogP contribution in [0.25, 0.3) is 10.9 Å². The number of aromatic nitrogens is 1. The molecule has 0 aliphatic heterocycles. The lowest BCUT2D eigenvalue weighted by molar-refractivity contribution is 0.299. The molecule has 1 heterocycles. The van der Waals surface area contributed by atoms with Crippen molar-refractivity contribution in [3.63, 3.8) is 0 Å². The Morgan fingerprint density at radius 3 is 2.00 bits per heavy atom. The highest BCUT2D eigenvalue weighted by Crippen LogP contribution is 2.36. The topological polar surface area (TPSA) is 33.1 Å². The van der Waals surface area contributed by atoms with Gasteiger partial charge >= 0.3 is 0 Å². The van der Waals surface area contributed by atoms with E-state index in [2.05, 4.69) is 80.6 Å². The van der Waals surface area contributed by atoms with Gasteiger partial charge in [0.2, 0.25) is 0 Å². The second-order valence-corrected chi connectivity index (χ2v) is 7.35. The molecule has 2 nitrogen and oxygen atoms in total. The van der Waals surface area contributed by atoms with E-state index in [0.717, 1.165) is 16.8 Å². The molecule has 1 N–H and O–H groups in total. The molecule has 140 valence electrons. The van der Waals surface area contributed by atoms with Crippen LogP contribution in [-0.2, 0) is 6.42 Å². The minimum absolute atomic E-state index is 0.0355. The normalized spacial score (nSPS) is 11.3. The SMILES string of the molecule is Cc1ccc2nc(C(c3ccccc3)c3ccccc3)c(CCO)c(C)c2c1. The maximum absolute atomic E-state index is 9.79. The minimum Gasteiger partial charge on any atom is -0.396 e. The maximum atomic E-state index is 9.79. The summed E-state index contributed by atoms with van der Waals surface area (Å²) in [6.07, 6.45) is 0.605. The number of fused-ring (bicyclic) bond motifs is 1. The van der Waals surface area contributed by atoms with Crippen LogP contribution >= 0.6 is 0 Å². The van der Waals surface area contributed by atoms with Crippen molar-refractivity contribution < 1.29 is 5.11 Å². The van der Waals surface area contributed by atoms with E-state index in [1.807, 2.05) is 12.1 Å². The molecule has 0 aliphatic rings. The Labute approximate surface area is 166 Å². The van der Waals surface area contributed by atoms with Gasteiger partial charge in [-0.1, -0.05) is 72.3 Å². The van der Waals surface area contributed by atoms with E-state index in [0.29, 0.717) is 6.42 Å². The Bertz CT molecular complexity index is 1050.